The highest BCUT2D eigenvalue weighted by atomic mass is 16.7. The summed E-state index contributed by atoms with van der Waals surface area (Å²) in [6, 6.07) is 26.7. The van der Waals surface area contributed by atoms with E-state index in [1.807, 2.05) is 106 Å². The zero-order valence-electron chi connectivity index (χ0n) is 19.7. The first kappa shape index (κ1) is 24.2. The van der Waals surface area contributed by atoms with Crippen molar-refractivity contribution in [1.82, 2.24) is 0 Å². The van der Waals surface area contributed by atoms with Gasteiger partial charge in [-0.1, -0.05) is 72.8 Å². The molecule has 33 heavy (non-hydrogen) atoms. The molecule has 0 radical (unpaired) electrons. The fraction of sp³-hybridized carbons (Fsp3) is 0.286. The predicted octanol–water partition coefficient (Wildman–Crippen LogP) is 5.46. The molecule has 0 aliphatic carbocycles. The van der Waals surface area contributed by atoms with Crippen molar-refractivity contribution in [3.8, 4) is 5.75 Å². The summed E-state index contributed by atoms with van der Waals surface area (Å²) in [4.78, 5) is 18.2. The molecule has 0 aliphatic rings. The molecule has 172 valence electrons. The summed E-state index contributed by atoms with van der Waals surface area (Å²) in [7, 11) is 1.58. The fourth-order valence-corrected chi connectivity index (χ4v) is 3.33. The molecule has 0 fully saturated rings. The summed E-state index contributed by atoms with van der Waals surface area (Å²) in [6.07, 6.45) is 0.377. The van der Waals surface area contributed by atoms with Crippen molar-refractivity contribution in [2.24, 2.45) is 4.99 Å². The van der Waals surface area contributed by atoms with Crippen molar-refractivity contribution in [2.45, 2.75) is 38.8 Å². The molecule has 0 spiro atoms. The predicted molar refractivity (Wildman–Crippen MR) is 131 cm³/mol. The fourth-order valence-electron chi connectivity index (χ4n) is 3.33. The summed E-state index contributed by atoms with van der Waals surface area (Å²) < 4.78 is 16.3. The zero-order valence-corrected chi connectivity index (χ0v) is 19.7. The van der Waals surface area contributed by atoms with E-state index in [2.05, 4.69) is 0 Å². The van der Waals surface area contributed by atoms with E-state index in [-0.39, 0.29) is 12.8 Å². The minimum absolute atomic E-state index is 0.156. The van der Waals surface area contributed by atoms with Gasteiger partial charge in [-0.3, -0.25) is 4.99 Å². The summed E-state index contributed by atoms with van der Waals surface area (Å²) in [5.41, 5.74) is 2.93. The van der Waals surface area contributed by atoms with Gasteiger partial charge in [-0.15, -0.1) is 0 Å². The zero-order chi connectivity index (χ0) is 23.7. The molecular formula is C28H31NO4. The molecule has 3 rings (SSSR count). The molecular weight excluding hydrogens is 414 g/mol. The molecule has 0 aliphatic heterocycles. The highest BCUT2D eigenvalue weighted by Crippen LogP contribution is 2.20. The number of hydrogen-bond donors (Lipinski definition) is 0. The summed E-state index contributed by atoms with van der Waals surface area (Å²) in [6.45, 7) is 5.74. The maximum Gasteiger partial charge on any atom is 0.331 e. The monoisotopic (exact) mass is 445 g/mol. The number of nitrogens with zero attached hydrogens (tertiary/aromatic N) is 1. The lowest BCUT2D eigenvalue weighted by Gasteiger charge is -2.23. The third-order valence-corrected chi connectivity index (χ3v) is 4.73. The Morgan fingerprint density at radius 2 is 1.48 bits per heavy atom. The summed E-state index contributed by atoms with van der Waals surface area (Å²) >= 11 is 0. The van der Waals surface area contributed by atoms with Crippen LogP contribution in [-0.4, -0.2) is 37.2 Å². The van der Waals surface area contributed by atoms with Crippen molar-refractivity contribution in [2.75, 3.05) is 13.9 Å². The Balaban J connectivity index is 2.02. The molecule has 0 saturated heterocycles. The van der Waals surface area contributed by atoms with Crippen molar-refractivity contribution in [1.29, 1.82) is 0 Å². The Kier molecular flexibility index (Phi) is 8.39. The number of esters is 1. The van der Waals surface area contributed by atoms with Crippen LogP contribution in [-0.2, 0) is 20.7 Å². The van der Waals surface area contributed by atoms with E-state index in [4.69, 9.17) is 19.2 Å². The van der Waals surface area contributed by atoms with E-state index in [9.17, 15) is 4.79 Å². The average molecular weight is 446 g/mol. The second kappa shape index (κ2) is 11.4. The van der Waals surface area contributed by atoms with Crippen LogP contribution in [0.3, 0.4) is 0 Å². The lowest BCUT2D eigenvalue weighted by molar-refractivity contribution is -0.156. The molecule has 5 heteroatoms. The molecule has 0 aromatic heterocycles. The molecule has 1 unspecified atom stereocenters. The van der Waals surface area contributed by atoms with Crippen molar-refractivity contribution >= 4 is 11.7 Å². The smallest absolute Gasteiger partial charge is 0.331 e. The van der Waals surface area contributed by atoms with Gasteiger partial charge in [0.1, 0.15) is 11.4 Å². The number of carbonyl (C=O) groups is 1. The van der Waals surface area contributed by atoms with Gasteiger partial charge in [0.25, 0.3) is 0 Å². The van der Waals surface area contributed by atoms with Gasteiger partial charge < -0.3 is 14.2 Å². The van der Waals surface area contributed by atoms with Crippen LogP contribution in [0.4, 0.5) is 0 Å². The number of methoxy groups -OCH3 is 1. The second-order valence-electron chi connectivity index (χ2n) is 8.66. The van der Waals surface area contributed by atoms with Crippen molar-refractivity contribution in [3.63, 3.8) is 0 Å². The number of ether oxygens (including phenoxy) is 3. The van der Waals surface area contributed by atoms with Crippen LogP contribution in [0, 0.1) is 0 Å². The highest BCUT2D eigenvalue weighted by molar-refractivity contribution is 6.13. The van der Waals surface area contributed by atoms with Crippen LogP contribution < -0.4 is 4.74 Å². The maximum absolute atomic E-state index is 13.2. The number of aliphatic imine (C=N–C) groups is 1. The number of rotatable bonds is 9. The van der Waals surface area contributed by atoms with E-state index < -0.39 is 11.6 Å². The Bertz CT molecular complexity index is 1010. The van der Waals surface area contributed by atoms with Gasteiger partial charge in [-0.2, -0.15) is 0 Å². The van der Waals surface area contributed by atoms with Crippen molar-refractivity contribution < 1.29 is 19.0 Å². The van der Waals surface area contributed by atoms with E-state index in [0.29, 0.717) is 12.2 Å². The topological polar surface area (TPSA) is 57.1 Å². The largest absolute Gasteiger partial charge is 0.468 e. The van der Waals surface area contributed by atoms with Gasteiger partial charge in [0.2, 0.25) is 0 Å². The number of hydrogen-bond acceptors (Lipinski definition) is 5. The van der Waals surface area contributed by atoms with Crippen LogP contribution in [0.2, 0.25) is 0 Å². The Morgan fingerprint density at radius 1 is 0.879 bits per heavy atom. The van der Waals surface area contributed by atoms with Crippen LogP contribution in [0.25, 0.3) is 0 Å². The van der Waals surface area contributed by atoms with E-state index in [0.717, 1.165) is 22.4 Å². The summed E-state index contributed by atoms with van der Waals surface area (Å²) in [5.74, 6) is 0.308. The molecule has 5 nitrogen and oxygen atoms in total. The van der Waals surface area contributed by atoms with Crippen LogP contribution in [0.5, 0.6) is 5.75 Å². The molecule has 3 aromatic carbocycles. The average Bonchev–Trinajstić information content (AvgIpc) is 2.80. The molecule has 1 atom stereocenters. The first-order valence-electron chi connectivity index (χ1n) is 11.0. The van der Waals surface area contributed by atoms with Gasteiger partial charge in [0.05, 0.1) is 5.71 Å². The second-order valence-corrected chi connectivity index (χ2v) is 8.66. The van der Waals surface area contributed by atoms with Gasteiger partial charge >= 0.3 is 5.97 Å². The Morgan fingerprint density at radius 3 is 2.03 bits per heavy atom. The van der Waals surface area contributed by atoms with Crippen LogP contribution in [0.1, 0.15) is 37.5 Å². The quantitative estimate of drug-likeness (QED) is 0.249. The lowest BCUT2D eigenvalue weighted by Crippen LogP contribution is -2.33. The standard InChI is InChI=1S/C28H31NO4/c1-28(2,3)33-27(30)25(19-21-12-11-17-24(18-21)32-20-31-4)29-26(22-13-7-5-8-14-22)23-15-9-6-10-16-23/h5-18,25H,19-20H2,1-4H3. The summed E-state index contributed by atoms with van der Waals surface area (Å²) in [5, 5.41) is 0. The van der Waals surface area contributed by atoms with Gasteiger partial charge in [0, 0.05) is 24.7 Å². The van der Waals surface area contributed by atoms with Gasteiger partial charge in [-0.25, -0.2) is 4.79 Å². The van der Waals surface area contributed by atoms with Gasteiger partial charge in [-0.05, 0) is 38.5 Å². The Hall–Kier alpha value is -3.44. The third-order valence-electron chi connectivity index (χ3n) is 4.73. The first-order valence-corrected chi connectivity index (χ1v) is 11.0. The maximum atomic E-state index is 13.2. The van der Waals surface area contributed by atoms with E-state index in [1.54, 1.807) is 7.11 Å². The molecule has 0 saturated carbocycles. The number of carbonyl (C=O) groups excluding carboxylic acids is 1. The normalized spacial score (nSPS) is 12.0. The number of benzene rings is 3. The molecule has 0 bridgehead atoms. The van der Waals surface area contributed by atoms with Crippen molar-refractivity contribution in [3.05, 3.63) is 102 Å². The molecule has 3 aromatic rings. The molecule has 0 amide bonds. The molecule has 0 heterocycles. The van der Waals surface area contributed by atoms with Crippen LogP contribution in [0.15, 0.2) is 89.9 Å². The van der Waals surface area contributed by atoms with Crippen LogP contribution >= 0.6 is 0 Å². The highest BCUT2D eigenvalue weighted by Gasteiger charge is 2.26. The Labute approximate surface area is 196 Å². The minimum atomic E-state index is -0.725. The van der Waals surface area contributed by atoms with E-state index in [1.165, 1.54) is 0 Å². The lowest BCUT2D eigenvalue weighted by atomic mass is 10.0. The molecule has 0 N–H and O–H groups in total. The first-order chi connectivity index (χ1) is 15.9. The third kappa shape index (κ3) is 7.58. The van der Waals surface area contributed by atoms with E-state index >= 15 is 0 Å². The SMILES string of the molecule is COCOc1cccc(CC(N=C(c2ccccc2)c2ccccc2)C(=O)OC(C)(C)C)c1. The minimum Gasteiger partial charge on any atom is -0.468 e. The van der Waals surface area contributed by atoms with Gasteiger partial charge in [0.15, 0.2) is 12.8 Å².